The molecule has 1 aromatic rings. The van der Waals surface area contributed by atoms with Crippen LogP contribution >= 0.6 is 0 Å². The van der Waals surface area contributed by atoms with E-state index in [0.29, 0.717) is 12.0 Å². The molecule has 0 radical (unpaired) electrons. The summed E-state index contributed by atoms with van der Waals surface area (Å²) in [5, 5.41) is 9.61. The molecule has 1 unspecified atom stereocenters. The molecular weight excluding hydrogens is 142 g/mol. The summed E-state index contributed by atoms with van der Waals surface area (Å²) in [5.74, 6) is 0. The molecule has 3 nitrogen and oxygen atoms in total. The van der Waals surface area contributed by atoms with Gasteiger partial charge in [0, 0.05) is 18.3 Å². The highest BCUT2D eigenvalue weighted by molar-refractivity contribution is 5.51. The Morgan fingerprint density at radius 3 is 3.00 bits per heavy atom. The Morgan fingerprint density at radius 1 is 1.82 bits per heavy atom. The smallest absolute Gasteiger partial charge is 0.123 e. The van der Waals surface area contributed by atoms with Gasteiger partial charge in [-0.05, 0) is 19.1 Å². The van der Waals surface area contributed by atoms with Gasteiger partial charge in [-0.3, -0.25) is 0 Å². The number of aromatic amines is 1. The first kappa shape index (κ1) is 8.01. The summed E-state index contributed by atoms with van der Waals surface area (Å²) in [4.78, 5) is 13.0. The number of rotatable bonds is 3. The minimum Gasteiger partial charge on any atom is -0.383 e. The third kappa shape index (κ3) is 1.68. The lowest BCUT2D eigenvalue weighted by Gasteiger charge is -2.18. The summed E-state index contributed by atoms with van der Waals surface area (Å²) < 4.78 is 0. The highest BCUT2D eigenvalue weighted by Gasteiger charge is 2.22. The Hall–Kier alpha value is -1.09. The molecule has 2 N–H and O–H groups in total. The van der Waals surface area contributed by atoms with Gasteiger partial charge in [-0.1, -0.05) is 0 Å². The normalized spacial score (nSPS) is 15.8. The van der Waals surface area contributed by atoms with Crippen LogP contribution in [0.3, 0.4) is 0 Å². The van der Waals surface area contributed by atoms with Gasteiger partial charge in [0.2, 0.25) is 0 Å². The molecule has 1 rings (SSSR count). The summed E-state index contributed by atoms with van der Waals surface area (Å²) in [6, 6.07) is 3.54. The summed E-state index contributed by atoms with van der Waals surface area (Å²) >= 11 is 0. The highest BCUT2D eigenvalue weighted by atomic mass is 16.3. The van der Waals surface area contributed by atoms with Gasteiger partial charge >= 0.3 is 0 Å². The first-order valence-electron chi connectivity index (χ1n) is 3.47. The van der Waals surface area contributed by atoms with Gasteiger partial charge in [0.05, 0.1) is 0 Å². The quantitative estimate of drug-likeness (QED) is 0.631. The SMILES string of the molecule is CC(O)(CC=O)c1ccc[nH]1. The van der Waals surface area contributed by atoms with Crippen molar-refractivity contribution in [2.45, 2.75) is 18.9 Å². The first-order valence-corrected chi connectivity index (χ1v) is 3.47. The van der Waals surface area contributed by atoms with Crippen LogP contribution in [0.5, 0.6) is 0 Å². The van der Waals surface area contributed by atoms with Crippen molar-refractivity contribution in [1.29, 1.82) is 0 Å². The number of aromatic nitrogens is 1. The minimum absolute atomic E-state index is 0.119. The molecule has 0 aliphatic carbocycles. The van der Waals surface area contributed by atoms with Gasteiger partial charge in [0.1, 0.15) is 11.9 Å². The summed E-state index contributed by atoms with van der Waals surface area (Å²) in [5.41, 5.74) is -0.379. The van der Waals surface area contributed by atoms with E-state index in [4.69, 9.17) is 0 Å². The number of hydrogen-bond acceptors (Lipinski definition) is 2. The molecule has 1 atom stereocenters. The maximum Gasteiger partial charge on any atom is 0.123 e. The van der Waals surface area contributed by atoms with E-state index in [1.54, 1.807) is 25.3 Å². The van der Waals surface area contributed by atoms with E-state index in [2.05, 4.69) is 4.98 Å². The Labute approximate surface area is 65.1 Å². The first-order chi connectivity index (χ1) is 5.17. The monoisotopic (exact) mass is 153 g/mol. The fraction of sp³-hybridized carbons (Fsp3) is 0.375. The van der Waals surface area contributed by atoms with E-state index < -0.39 is 5.60 Å². The van der Waals surface area contributed by atoms with Gasteiger partial charge in [0.15, 0.2) is 0 Å². The standard InChI is InChI=1S/C8H11NO2/c1-8(11,4-6-10)7-3-2-5-9-7/h2-3,5-6,9,11H,4H2,1H3. The third-order valence-corrected chi connectivity index (χ3v) is 1.66. The molecule has 1 aromatic heterocycles. The molecule has 0 bridgehead atoms. The van der Waals surface area contributed by atoms with Crippen LogP contribution in [0.25, 0.3) is 0 Å². The van der Waals surface area contributed by atoms with Gasteiger partial charge in [-0.25, -0.2) is 0 Å². The number of aldehydes is 1. The predicted molar refractivity (Wildman–Crippen MR) is 41.0 cm³/mol. The van der Waals surface area contributed by atoms with E-state index in [1.807, 2.05) is 0 Å². The van der Waals surface area contributed by atoms with Crippen molar-refractivity contribution >= 4 is 6.29 Å². The van der Waals surface area contributed by atoms with Crippen molar-refractivity contribution in [2.75, 3.05) is 0 Å². The molecule has 0 aliphatic rings. The van der Waals surface area contributed by atoms with E-state index >= 15 is 0 Å². The van der Waals surface area contributed by atoms with Gasteiger partial charge in [0.25, 0.3) is 0 Å². The van der Waals surface area contributed by atoms with Crippen molar-refractivity contribution in [3.05, 3.63) is 24.0 Å². The molecule has 0 saturated heterocycles. The second kappa shape index (κ2) is 2.88. The van der Waals surface area contributed by atoms with Crippen LogP contribution in [0.15, 0.2) is 18.3 Å². The van der Waals surface area contributed by atoms with Crippen LogP contribution in [0.1, 0.15) is 19.0 Å². The lowest BCUT2D eigenvalue weighted by molar-refractivity contribution is -0.112. The molecule has 0 aliphatic heterocycles. The molecule has 0 spiro atoms. The fourth-order valence-corrected chi connectivity index (χ4v) is 0.938. The number of nitrogens with one attached hydrogen (secondary N) is 1. The van der Waals surface area contributed by atoms with E-state index in [9.17, 15) is 9.90 Å². The minimum atomic E-state index is -1.05. The van der Waals surface area contributed by atoms with E-state index in [0.717, 1.165) is 0 Å². The summed E-state index contributed by atoms with van der Waals surface area (Å²) in [6.45, 7) is 1.60. The zero-order chi connectivity index (χ0) is 8.32. The van der Waals surface area contributed by atoms with Crippen LogP contribution in [0.4, 0.5) is 0 Å². The number of hydrogen-bond donors (Lipinski definition) is 2. The summed E-state index contributed by atoms with van der Waals surface area (Å²) in [6.07, 6.45) is 2.54. The molecule has 1 heterocycles. The van der Waals surface area contributed by atoms with Crippen molar-refractivity contribution in [2.24, 2.45) is 0 Å². The topological polar surface area (TPSA) is 53.1 Å². The number of carbonyl (C=O) groups excluding carboxylic acids is 1. The maximum absolute atomic E-state index is 10.1. The Bertz CT molecular complexity index is 226. The Morgan fingerprint density at radius 2 is 2.55 bits per heavy atom. The molecular formula is C8H11NO2. The van der Waals surface area contributed by atoms with E-state index in [1.165, 1.54) is 0 Å². The molecule has 0 saturated carbocycles. The molecule has 3 heteroatoms. The molecule has 0 fully saturated rings. The van der Waals surface area contributed by atoms with Crippen LogP contribution < -0.4 is 0 Å². The van der Waals surface area contributed by atoms with Gasteiger partial charge < -0.3 is 14.9 Å². The van der Waals surface area contributed by atoms with Crippen molar-refractivity contribution in [1.82, 2.24) is 4.98 Å². The second-order valence-corrected chi connectivity index (χ2v) is 2.73. The zero-order valence-electron chi connectivity index (χ0n) is 6.37. The molecule has 11 heavy (non-hydrogen) atoms. The number of aliphatic hydroxyl groups is 1. The maximum atomic E-state index is 10.1. The zero-order valence-corrected chi connectivity index (χ0v) is 6.37. The largest absolute Gasteiger partial charge is 0.383 e. The van der Waals surface area contributed by atoms with Crippen molar-refractivity contribution in [3.63, 3.8) is 0 Å². The molecule has 0 aromatic carbocycles. The predicted octanol–water partition coefficient (Wildman–Crippen LogP) is 0.811. The van der Waals surface area contributed by atoms with Crippen molar-refractivity contribution in [3.8, 4) is 0 Å². The van der Waals surface area contributed by atoms with E-state index in [-0.39, 0.29) is 6.42 Å². The number of H-pyrrole nitrogens is 1. The molecule has 60 valence electrons. The van der Waals surface area contributed by atoms with Crippen LogP contribution in [-0.2, 0) is 10.4 Å². The van der Waals surface area contributed by atoms with Gasteiger partial charge in [-0.2, -0.15) is 0 Å². The lowest BCUT2D eigenvalue weighted by Crippen LogP contribution is -2.21. The second-order valence-electron chi connectivity index (χ2n) is 2.73. The highest BCUT2D eigenvalue weighted by Crippen LogP contribution is 2.20. The average Bonchev–Trinajstić information content (AvgIpc) is 2.37. The van der Waals surface area contributed by atoms with Gasteiger partial charge in [-0.15, -0.1) is 0 Å². The van der Waals surface area contributed by atoms with Crippen LogP contribution in [0.2, 0.25) is 0 Å². The Kier molecular flexibility index (Phi) is 2.10. The summed E-state index contributed by atoms with van der Waals surface area (Å²) in [7, 11) is 0. The molecule has 0 amide bonds. The lowest BCUT2D eigenvalue weighted by atomic mass is 10.00. The number of carbonyl (C=O) groups is 1. The van der Waals surface area contributed by atoms with Crippen molar-refractivity contribution < 1.29 is 9.90 Å². The van der Waals surface area contributed by atoms with Crippen LogP contribution in [0, 0.1) is 0 Å². The fourth-order valence-electron chi connectivity index (χ4n) is 0.938. The third-order valence-electron chi connectivity index (χ3n) is 1.66. The Balaban J connectivity index is 2.81. The van der Waals surface area contributed by atoms with Crippen LogP contribution in [-0.4, -0.2) is 16.4 Å². The average molecular weight is 153 g/mol.